The van der Waals surface area contributed by atoms with E-state index in [-0.39, 0.29) is 11.9 Å². The van der Waals surface area contributed by atoms with Crippen LogP contribution in [0.15, 0.2) is 54.6 Å². The molecule has 2 fully saturated rings. The first-order valence-corrected chi connectivity index (χ1v) is 10.5. The van der Waals surface area contributed by atoms with E-state index in [1.807, 2.05) is 54.6 Å². The largest absolute Gasteiger partial charge is 0.381 e. The third kappa shape index (κ3) is 5.13. The number of amides is 1. The molecule has 5 heteroatoms. The number of hydrogen-bond donors (Lipinski definition) is 1. The first-order valence-electron chi connectivity index (χ1n) is 10.1. The van der Waals surface area contributed by atoms with E-state index in [2.05, 4.69) is 10.2 Å². The van der Waals surface area contributed by atoms with Crippen LogP contribution in [0.2, 0.25) is 5.02 Å². The summed E-state index contributed by atoms with van der Waals surface area (Å²) in [6.45, 7) is 3.05. The Morgan fingerprint density at radius 3 is 2.57 bits per heavy atom. The highest BCUT2D eigenvalue weighted by Crippen LogP contribution is 2.29. The Morgan fingerprint density at radius 2 is 1.89 bits per heavy atom. The number of rotatable bonds is 8. The van der Waals surface area contributed by atoms with Gasteiger partial charge in [0.15, 0.2) is 0 Å². The molecule has 1 N–H and O–H groups in total. The van der Waals surface area contributed by atoms with Crippen LogP contribution in [-0.2, 0) is 9.53 Å². The quantitative estimate of drug-likeness (QED) is 0.729. The van der Waals surface area contributed by atoms with Gasteiger partial charge in [0.2, 0.25) is 5.91 Å². The molecule has 1 heterocycles. The number of hydrogen-bond acceptors (Lipinski definition) is 3. The molecular weight excluding hydrogens is 372 g/mol. The van der Waals surface area contributed by atoms with Gasteiger partial charge < -0.3 is 10.1 Å². The van der Waals surface area contributed by atoms with Gasteiger partial charge in [0.05, 0.1) is 19.2 Å². The maximum Gasteiger partial charge on any atom is 0.234 e. The highest BCUT2D eigenvalue weighted by Gasteiger charge is 2.33. The predicted molar refractivity (Wildman–Crippen MR) is 111 cm³/mol. The summed E-state index contributed by atoms with van der Waals surface area (Å²) in [5.41, 5.74) is 2.05. The van der Waals surface area contributed by atoms with Gasteiger partial charge in [0.1, 0.15) is 0 Å². The van der Waals surface area contributed by atoms with Gasteiger partial charge >= 0.3 is 0 Å². The van der Waals surface area contributed by atoms with E-state index in [1.54, 1.807) is 0 Å². The Balaban J connectivity index is 1.47. The highest BCUT2D eigenvalue weighted by molar-refractivity contribution is 6.30. The average molecular weight is 399 g/mol. The second kappa shape index (κ2) is 9.08. The lowest BCUT2D eigenvalue weighted by atomic mass is 9.98. The van der Waals surface area contributed by atoms with Gasteiger partial charge in [0.25, 0.3) is 0 Å². The molecular formula is C23H27ClN2O2. The van der Waals surface area contributed by atoms with E-state index >= 15 is 0 Å². The lowest BCUT2D eigenvalue weighted by Crippen LogP contribution is -2.42. The molecule has 0 bridgehead atoms. The minimum absolute atomic E-state index is 0.0552. The third-order valence-electron chi connectivity index (χ3n) is 5.55. The Morgan fingerprint density at radius 1 is 1.11 bits per heavy atom. The number of halogens is 1. The van der Waals surface area contributed by atoms with Crippen LogP contribution in [0.3, 0.4) is 0 Å². The van der Waals surface area contributed by atoms with Crippen molar-refractivity contribution in [3.8, 4) is 0 Å². The van der Waals surface area contributed by atoms with Crippen LogP contribution in [0.1, 0.15) is 36.4 Å². The van der Waals surface area contributed by atoms with Crippen LogP contribution in [0.25, 0.3) is 0 Å². The smallest absolute Gasteiger partial charge is 0.234 e. The maximum absolute atomic E-state index is 13.0. The van der Waals surface area contributed by atoms with Gasteiger partial charge in [-0.25, -0.2) is 0 Å². The Hall–Kier alpha value is -1.88. The summed E-state index contributed by atoms with van der Waals surface area (Å²) in [6, 6.07) is 18.1. The van der Waals surface area contributed by atoms with E-state index in [9.17, 15) is 4.79 Å². The molecule has 0 radical (unpaired) electrons. The summed E-state index contributed by atoms with van der Waals surface area (Å²) < 4.78 is 5.51. The molecule has 2 aromatic carbocycles. The van der Waals surface area contributed by atoms with Crippen LogP contribution in [0.5, 0.6) is 0 Å². The summed E-state index contributed by atoms with van der Waals surface area (Å²) in [6.07, 6.45) is 3.48. The first-order chi connectivity index (χ1) is 13.7. The molecule has 1 aliphatic carbocycles. The molecule has 1 amide bonds. The van der Waals surface area contributed by atoms with Crippen LogP contribution in [-0.4, -0.2) is 43.2 Å². The second-order valence-electron chi connectivity index (χ2n) is 7.86. The Labute approximate surface area is 171 Å². The van der Waals surface area contributed by atoms with Gasteiger partial charge in [-0.2, -0.15) is 0 Å². The molecule has 2 unspecified atom stereocenters. The fraction of sp³-hybridized carbons (Fsp3) is 0.435. The van der Waals surface area contributed by atoms with Crippen molar-refractivity contribution in [3.05, 3.63) is 70.7 Å². The molecule has 2 aromatic rings. The SMILES string of the molecule is O=C(CN(CC1CCOC1)C1CC1)NC(c1ccccc1)c1cccc(Cl)c1. The number of carbonyl (C=O) groups is 1. The van der Waals surface area contributed by atoms with Crippen molar-refractivity contribution in [1.29, 1.82) is 0 Å². The lowest BCUT2D eigenvalue weighted by molar-refractivity contribution is -0.123. The standard InChI is InChI=1S/C23H27ClN2O2/c24-20-8-4-7-19(13-20)23(18-5-2-1-3-6-18)25-22(27)15-26(21-9-10-21)14-17-11-12-28-16-17/h1-8,13,17,21,23H,9-12,14-16H2,(H,25,27). The summed E-state index contributed by atoms with van der Waals surface area (Å²) in [4.78, 5) is 15.3. The summed E-state index contributed by atoms with van der Waals surface area (Å²) >= 11 is 6.21. The number of nitrogens with zero attached hydrogens (tertiary/aromatic N) is 1. The zero-order valence-corrected chi connectivity index (χ0v) is 16.8. The monoisotopic (exact) mass is 398 g/mol. The van der Waals surface area contributed by atoms with Crippen molar-refractivity contribution < 1.29 is 9.53 Å². The molecule has 2 aliphatic rings. The number of carbonyl (C=O) groups excluding carboxylic acids is 1. The molecule has 2 atom stereocenters. The minimum Gasteiger partial charge on any atom is -0.381 e. The molecule has 1 aliphatic heterocycles. The number of ether oxygens (including phenoxy) is 1. The van der Waals surface area contributed by atoms with E-state index in [4.69, 9.17) is 16.3 Å². The zero-order chi connectivity index (χ0) is 19.3. The van der Waals surface area contributed by atoms with Crippen LogP contribution >= 0.6 is 11.6 Å². The molecule has 4 rings (SSSR count). The topological polar surface area (TPSA) is 41.6 Å². The van der Waals surface area contributed by atoms with E-state index in [0.717, 1.165) is 37.3 Å². The van der Waals surface area contributed by atoms with Gasteiger partial charge in [-0.3, -0.25) is 9.69 Å². The third-order valence-corrected chi connectivity index (χ3v) is 5.78. The molecule has 0 aromatic heterocycles. The van der Waals surface area contributed by atoms with Crippen LogP contribution in [0, 0.1) is 5.92 Å². The van der Waals surface area contributed by atoms with E-state index < -0.39 is 0 Å². The van der Waals surface area contributed by atoms with Gasteiger partial charge in [-0.15, -0.1) is 0 Å². The van der Waals surface area contributed by atoms with Crippen LogP contribution in [0.4, 0.5) is 0 Å². The fourth-order valence-corrected chi connectivity index (χ4v) is 4.12. The fourth-order valence-electron chi connectivity index (χ4n) is 3.92. The van der Waals surface area contributed by atoms with Crippen molar-refractivity contribution in [3.63, 3.8) is 0 Å². The molecule has 148 valence electrons. The second-order valence-corrected chi connectivity index (χ2v) is 8.29. The van der Waals surface area contributed by atoms with E-state index in [0.29, 0.717) is 23.5 Å². The van der Waals surface area contributed by atoms with Crippen molar-refractivity contribution in [2.45, 2.75) is 31.3 Å². The van der Waals surface area contributed by atoms with Crippen molar-refractivity contribution in [1.82, 2.24) is 10.2 Å². The zero-order valence-electron chi connectivity index (χ0n) is 16.0. The predicted octanol–water partition coefficient (Wildman–Crippen LogP) is 4.05. The minimum atomic E-state index is -0.205. The van der Waals surface area contributed by atoms with Crippen molar-refractivity contribution in [2.24, 2.45) is 5.92 Å². The summed E-state index contributed by atoms with van der Waals surface area (Å²) in [7, 11) is 0. The number of nitrogens with one attached hydrogen (secondary N) is 1. The average Bonchev–Trinajstić information content (AvgIpc) is 3.43. The van der Waals surface area contributed by atoms with Crippen molar-refractivity contribution in [2.75, 3.05) is 26.3 Å². The molecule has 0 spiro atoms. The van der Waals surface area contributed by atoms with E-state index in [1.165, 1.54) is 12.8 Å². The highest BCUT2D eigenvalue weighted by atomic mass is 35.5. The molecule has 28 heavy (non-hydrogen) atoms. The van der Waals surface area contributed by atoms with Gasteiger partial charge in [-0.1, -0.05) is 54.1 Å². The lowest BCUT2D eigenvalue weighted by Gasteiger charge is -2.26. The maximum atomic E-state index is 13.0. The first kappa shape index (κ1) is 19.4. The van der Waals surface area contributed by atoms with Crippen LogP contribution < -0.4 is 5.32 Å². The Kier molecular flexibility index (Phi) is 6.30. The Bertz CT molecular complexity index is 788. The molecule has 4 nitrogen and oxygen atoms in total. The molecule has 1 saturated heterocycles. The molecule has 1 saturated carbocycles. The number of benzene rings is 2. The van der Waals surface area contributed by atoms with Gasteiger partial charge in [-0.05, 0) is 48.4 Å². The van der Waals surface area contributed by atoms with Gasteiger partial charge in [0, 0.05) is 24.2 Å². The van der Waals surface area contributed by atoms with Crippen molar-refractivity contribution >= 4 is 17.5 Å². The summed E-state index contributed by atoms with van der Waals surface area (Å²) in [5.74, 6) is 0.603. The normalized spacial score (nSPS) is 20.3. The summed E-state index contributed by atoms with van der Waals surface area (Å²) in [5, 5.41) is 3.92.